The molecule has 2 N–H and O–H groups in total. The number of hydrogen-bond donors (Lipinski definition) is 2. The van der Waals surface area contributed by atoms with Gasteiger partial charge in [0.05, 0.1) is 22.4 Å². The van der Waals surface area contributed by atoms with Crippen molar-refractivity contribution < 1.29 is 4.52 Å². The van der Waals surface area contributed by atoms with Crippen LogP contribution in [0, 0.1) is 13.8 Å². The SMILES string of the molecule is Cc1noc(C)c1-c1cc(-c2c(C3CC3)ccn2C2CC2)c2[nH]c(=O)[nH]c2c1. The van der Waals surface area contributed by atoms with Crippen LogP contribution in [0.4, 0.5) is 0 Å². The van der Waals surface area contributed by atoms with Crippen molar-refractivity contribution in [1.29, 1.82) is 0 Å². The van der Waals surface area contributed by atoms with Crippen molar-refractivity contribution >= 4 is 11.0 Å². The number of nitrogens with zero attached hydrogens (tertiary/aromatic N) is 2. The van der Waals surface area contributed by atoms with Gasteiger partial charge in [-0.15, -0.1) is 0 Å². The monoisotopic (exact) mass is 374 g/mol. The van der Waals surface area contributed by atoms with Crippen LogP contribution < -0.4 is 5.69 Å². The largest absolute Gasteiger partial charge is 0.361 e. The van der Waals surface area contributed by atoms with Crippen molar-refractivity contribution in [3.8, 4) is 22.4 Å². The molecule has 2 fully saturated rings. The molecule has 0 unspecified atom stereocenters. The van der Waals surface area contributed by atoms with E-state index in [9.17, 15) is 4.79 Å². The summed E-state index contributed by atoms with van der Waals surface area (Å²) in [7, 11) is 0. The van der Waals surface area contributed by atoms with Gasteiger partial charge in [0.15, 0.2) is 0 Å². The molecule has 0 atom stereocenters. The molecule has 3 aromatic heterocycles. The molecule has 2 aliphatic rings. The molecule has 0 bridgehead atoms. The smallest absolute Gasteiger partial charge is 0.323 e. The number of nitrogens with one attached hydrogen (secondary N) is 2. The maximum absolute atomic E-state index is 12.2. The van der Waals surface area contributed by atoms with Gasteiger partial charge in [0, 0.05) is 23.4 Å². The third kappa shape index (κ3) is 2.33. The number of aryl methyl sites for hydroxylation is 2. The van der Waals surface area contributed by atoms with E-state index < -0.39 is 0 Å². The zero-order valence-corrected chi connectivity index (χ0v) is 16.0. The first-order valence-corrected chi connectivity index (χ1v) is 10.0. The number of hydrogen-bond acceptors (Lipinski definition) is 3. The summed E-state index contributed by atoms with van der Waals surface area (Å²) in [5.74, 6) is 1.43. The fraction of sp³-hybridized carbons (Fsp3) is 0.364. The molecule has 6 nitrogen and oxygen atoms in total. The molecule has 3 heterocycles. The standard InChI is InChI=1S/C22H22N4O2/c1-11-19(12(2)28-25-11)14-9-17(20-18(10-14)23-22(27)24-20)21-16(13-3-4-13)7-8-26(21)15-5-6-15/h7-10,13,15H,3-6H2,1-2H3,(H2,23,24,27). The highest BCUT2D eigenvalue weighted by molar-refractivity contribution is 5.96. The van der Waals surface area contributed by atoms with E-state index in [4.69, 9.17) is 4.52 Å². The van der Waals surface area contributed by atoms with E-state index >= 15 is 0 Å². The fourth-order valence-corrected chi connectivity index (χ4v) is 4.51. The van der Waals surface area contributed by atoms with Crippen LogP contribution >= 0.6 is 0 Å². The predicted molar refractivity (Wildman–Crippen MR) is 108 cm³/mol. The van der Waals surface area contributed by atoms with Crippen molar-refractivity contribution in [1.82, 2.24) is 19.7 Å². The lowest BCUT2D eigenvalue weighted by Crippen LogP contribution is -2.00. The summed E-state index contributed by atoms with van der Waals surface area (Å²) in [5.41, 5.74) is 8.17. The average Bonchev–Trinajstić information content (AvgIpc) is 3.58. The summed E-state index contributed by atoms with van der Waals surface area (Å²) in [4.78, 5) is 18.1. The lowest BCUT2D eigenvalue weighted by atomic mass is 9.96. The first kappa shape index (κ1) is 16.0. The third-order valence-electron chi connectivity index (χ3n) is 6.11. The number of benzene rings is 1. The third-order valence-corrected chi connectivity index (χ3v) is 6.11. The molecular formula is C22H22N4O2. The number of imidazole rings is 1. The molecule has 0 amide bonds. The van der Waals surface area contributed by atoms with Gasteiger partial charge >= 0.3 is 5.69 Å². The molecule has 0 aliphatic heterocycles. The summed E-state index contributed by atoms with van der Waals surface area (Å²) in [6.45, 7) is 3.89. The Labute approximate surface area is 161 Å². The zero-order valence-electron chi connectivity index (χ0n) is 16.0. The second-order valence-electron chi connectivity index (χ2n) is 8.26. The Morgan fingerprint density at radius 3 is 2.64 bits per heavy atom. The van der Waals surface area contributed by atoms with Crippen LogP contribution in [0.2, 0.25) is 0 Å². The normalized spacial score (nSPS) is 16.9. The van der Waals surface area contributed by atoms with Gasteiger partial charge < -0.3 is 19.1 Å². The highest BCUT2D eigenvalue weighted by atomic mass is 16.5. The molecule has 1 aromatic carbocycles. The van der Waals surface area contributed by atoms with Crippen LogP contribution in [0.15, 0.2) is 33.7 Å². The van der Waals surface area contributed by atoms with Crippen molar-refractivity contribution in [2.45, 2.75) is 51.5 Å². The Morgan fingerprint density at radius 1 is 1.14 bits per heavy atom. The molecule has 28 heavy (non-hydrogen) atoms. The van der Waals surface area contributed by atoms with E-state index in [0.29, 0.717) is 12.0 Å². The van der Waals surface area contributed by atoms with Crippen LogP contribution in [0.3, 0.4) is 0 Å². The molecule has 142 valence electrons. The van der Waals surface area contributed by atoms with Gasteiger partial charge in [-0.25, -0.2) is 4.79 Å². The number of aromatic amines is 2. The second kappa shape index (κ2) is 5.50. The predicted octanol–water partition coefficient (Wildman–Crippen LogP) is 4.81. The maximum Gasteiger partial charge on any atom is 0.323 e. The molecule has 0 radical (unpaired) electrons. The zero-order chi connectivity index (χ0) is 19.0. The number of H-pyrrole nitrogens is 2. The Morgan fingerprint density at radius 2 is 1.96 bits per heavy atom. The van der Waals surface area contributed by atoms with Crippen molar-refractivity contribution in [3.63, 3.8) is 0 Å². The molecule has 6 heteroatoms. The van der Waals surface area contributed by atoms with E-state index in [2.05, 4.69) is 38.0 Å². The van der Waals surface area contributed by atoms with Gasteiger partial charge in [-0.1, -0.05) is 5.16 Å². The Balaban J connectivity index is 1.68. The van der Waals surface area contributed by atoms with Gasteiger partial charge in [-0.05, 0) is 74.8 Å². The first-order chi connectivity index (χ1) is 13.6. The molecule has 6 rings (SSSR count). The van der Waals surface area contributed by atoms with Gasteiger partial charge in [-0.2, -0.15) is 0 Å². The molecule has 0 spiro atoms. The van der Waals surface area contributed by atoms with Crippen LogP contribution in [0.5, 0.6) is 0 Å². The van der Waals surface area contributed by atoms with Gasteiger partial charge in [-0.3, -0.25) is 0 Å². The Bertz CT molecular complexity index is 1230. The molecule has 0 saturated heterocycles. The van der Waals surface area contributed by atoms with E-state index in [-0.39, 0.29) is 5.69 Å². The summed E-state index contributed by atoms with van der Waals surface area (Å²) < 4.78 is 7.83. The summed E-state index contributed by atoms with van der Waals surface area (Å²) >= 11 is 0. The van der Waals surface area contributed by atoms with Gasteiger partial charge in [0.25, 0.3) is 0 Å². The summed E-state index contributed by atoms with van der Waals surface area (Å²) in [5, 5.41) is 4.12. The lowest BCUT2D eigenvalue weighted by Gasteiger charge is -2.14. The highest BCUT2D eigenvalue weighted by Crippen LogP contribution is 2.49. The first-order valence-electron chi connectivity index (χ1n) is 10.0. The van der Waals surface area contributed by atoms with Crippen molar-refractivity contribution in [3.05, 3.63) is 51.9 Å². The minimum Gasteiger partial charge on any atom is -0.361 e. The van der Waals surface area contributed by atoms with Crippen molar-refractivity contribution in [2.24, 2.45) is 0 Å². The number of aromatic nitrogens is 4. The van der Waals surface area contributed by atoms with Gasteiger partial charge in [0.2, 0.25) is 0 Å². The average molecular weight is 374 g/mol. The fourth-order valence-electron chi connectivity index (χ4n) is 4.51. The van der Waals surface area contributed by atoms with E-state index in [0.717, 1.165) is 39.2 Å². The maximum atomic E-state index is 12.2. The van der Waals surface area contributed by atoms with Crippen LogP contribution in [-0.2, 0) is 0 Å². The highest BCUT2D eigenvalue weighted by Gasteiger charge is 2.33. The van der Waals surface area contributed by atoms with Crippen LogP contribution in [-0.4, -0.2) is 19.7 Å². The lowest BCUT2D eigenvalue weighted by molar-refractivity contribution is 0.393. The number of fused-ring (bicyclic) bond motifs is 1. The van der Waals surface area contributed by atoms with Crippen LogP contribution in [0.25, 0.3) is 33.4 Å². The Kier molecular flexibility index (Phi) is 3.14. The summed E-state index contributed by atoms with van der Waals surface area (Å²) in [6.07, 6.45) is 7.18. The topological polar surface area (TPSA) is 79.6 Å². The second-order valence-corrected chi connectivity index (χ2v) is 8.26. The van der Waals surface area contributed by atoms with Crippen LogP contribution in [0.1, 0.15) is 54.7 Å². The molecule has 2 aliphatic carbocycles. The van der Waals surface area contributed by atoms with E-state index in [1.807, 2.05) is 19.9 Å². The van der Waals surface area contributed by atoms with E-state index in [1.54, 1.807) is 0 Å². The quantitative estimate of drug-likeness (QED) is 0.538. The minimum absolute atomic E-state index is 0.176. The summed E-state index contributed by atoms with van der Waals surface area (Å²) in [6, 6.07) is 7.07. The van der Waals surface area contributed by atoms with Gasteiger partial charge in [0.1, 0.15) is 5.76 Å². The number of rotatable bonds is 4. The molecular weight excluding hydrogens is 352 g/mol. The van der Waals surface area contributed by atoms with E-state index in [1.165, 1.54) is 36.9 Å². The molecule has 4 aromatic rings. The Hall–Kier alpha value is -3.02. The van der Waals surface area contributed by atoms with Crippen molar-refractivity contribution in [2.75, 3.05) is 0 Å². The molecule has 2 saturated carbocycles. The minimum atomic E-state index is -0.176.